The van der Waals surface area contributed by atoms with Gasteiger partial charge in [0.1, 0.15) is 17.7 Å². The second-order valence-electron chi connectivity index (χ2n) is 15.2. The number of rotatable bonds is 16. The Balaban J connectivity index is 1.32. The molecule has 12 heteroatoms. The summed E-state index contributed by atoms with van der Waals surface area (Å²) < 4.78 is 11.2. The molecular weight excluding hydrogens is 674 g/mol. The van der Waals surface area contributed by atoms with Crippen LogP contribution in [0.2, 0.25) is 0 Å². The van der Waals surface area contributed by atoms with E-state index in [0.29, 0.717) is 43.9 Å². The van der Waals surface area contributed by atoms with Gasteiger partial charge in [-0.25, -0.2) is 0 Å². The number of morpholine rings is 1. The minimum atomic E-state index is -1.04. The Morgan fingerprint density at radius 3 is 2.00 bits per heavy atom. The van der Waals surface area contributed by atoms with Crippen molar-refractivity contribution in [2.75, 3.05) is 45.9 Å². The highest BCUT2D eigenvalue weighted by Crippen LogP contribution is 2.28. The summed E-state index contributed by atoms with van der Waals surface area (Å²) in [5.41, 5.74) is 0.693. The first kappa shape index (κ1) is 39.6. The highest BCUT2D eigenvalue weighted by atomic mass is 16.6. The standard InChI is InChI=1S/C41H53N5O7/c1-27(2)23-34(37(48)44-35(24-28-11-7-6-8-12-28)36(47)42-16-18-45-19-21-52-22-20-45)43-33(40(51)53-41(3,4)5)15-17-46-38(49)31-25-29-13-9-10-14-30(29)26-32(31)39(46)50/h6-14,25-27,33-35,43H,15-24H2,1-5H3,(H,42,47)(H,44,48)/t33-,34+,35+/m1/s1. The van der Waals surface area contributed by atoms with Crippen molar-refractivity contribution in [3.8, 4) is 0 Å². The van der Waals surface area contributed by atoms with E-state index in [1.165, 1.54) is 0 Å². The second-order valence-corrected chi connectivity index (χ2v) is 15.2. The fraction of sp³-hybridized carbons (Fsp3) is 0.488. The topological polar surface area (TPSA) is 146 Å². The SMILES string of the molecule is CC(C)C[C@H](N[C@H](CCN1C(=O)c2cc3ccccc3cc2C1=O)C(=O)OC(C)(C)C)C(=O)N[C@@H](Cc1ccccc1)C(=O)NCCN1CCOCC1. The van der Waals surface area contributed by atoms with Gasteiger partial charge in [0.2, 0.25) is 11.8 Å². The van der Waals surface area contributed by atoms with Gasteiger partial charge < -0.3 is 20.1 Å². The molecule has 4 amide bonds. The van der Waals surface area contributed by atoms with Gasteiger partial charge in [-0.3, -0.25) is 39.1 Å². The number of fused-ring (bicyclic) bond motifs is 2. The summed E-state index contributed by atoms with van der Waals surface area (Å²) in [5.74, 6) is -2.18. The summed E-state index contributed by atoms with van der Waals surface area (Å²) >= 11 is 0. The zero-order chi connectivity index (χ0) is 38.1. The van der Waals surface area contributed by atoms with E-state index < -0.39 is 47.4 Å². The molecule has 2 heterocycles. The molecule has 3 N–H and O–H groups in total. The molecule has 2 aliphatic rings. The summed E-state index contributed by atoms with van der Waals surface area (Å²) in [4.78, 5) is 71.8. The van der Waals surface area contributed by atoms with Crippen molar-refractivity contribution in [2.24, 2.45) is 5.92 Å². The number of nitrogens with zero attached hydrogens (tertiary/aromatic N) is 2. The minimum Gasteiger partial charge on any atom is -0.459 e. The molecule has 3 atom stereocenters. The van der Waals surface area contributed by atoms with Crippen molar-refractivity contribution in [1.29, 1.82) is 0 Å². The lowest BCUT2D eigenvalue weighted by Crippen LogP contribution is -2.57. The molecular formula is C41H53N5O7. The third kappa shape index (κ3) is 10.9. The van der Waals surface area contributed by atoms with Crippen molar-refractivity contribution < 1.29 is 33.4 Å². The van der Waals surface area contributed by atoms with Crippen LogP contribution >= 0.6 is 0 Å². The predicted molar refractivity (Wildman–Crippen MR) is 202 cm³/mol. The molecule has 0 saturated carbocycles. The Hall–Kier alpha value is -4.65. The number of ether oxygens (including phenoxy) is 2. The number of benzene rings is 3. The normalized spacial score (nSPS) is 16.7. The number of hydrogen-bond acceptors (Lipinski definition) is 9. The van der Waals surface area contributed by atoms with Gasteiger partial charge in [-0.1, -0.05) is 68.4 Å². The lowest BCUT2D eigenvalue weighted by Gasteiger charge is -2.30. The Kier molecular flexibility index (Phi) is 13.4. The van der Waals surface area contributed by atoms with Crippen LogP contribution in [0.4, 0.5) is 0 Å². The van der Waals surface area contributed by atoms with Gasteiger partial charge in [-0.15, -0.1) is 0 Å². The largest absolute Gasteiger partial charge is 0.459 e. The molecule has 0 spiro atoms. The van der Waals surface area contributed by atoms with Crippen LogP contribution in [-0.4, -0.2) is 109 Å². The zero-order valence-electron chi connectivity index (χ0n) is 31.5. The number of esters is 1. The quantitative estimate of drug-likeness (QED) is 0.149. The van der Waals surface area contributed by atoms with E-state index >= 15 is 0 Å². The molecule has 0 aromatic heterocycles. The van der Waals surface area contributed by atoms with Crippen molar-refractivity contribution in [2.45, 2.75) is 77.6 Å². The van der Waals surface area contributed by atoms with Gasteiger partial charge >= 0.3 is 5.97 Å². The monoisotopic (exact) mass is 727 g/mol. The van der Waals surface area contributed by atoms with E-state index in [1.807, 2.05) is 68.4 Å². The number of imide groups is 1. The molecule has 12 nitrogen and oxygen atoms in total. The Morgan fingerprint density at radius 1 is 0.811 bits per heavy atom. The maximum Gasteiger partial charge on any atom is 0.323 e. The van der Waals surface area contributed by atoms with Gasteiger partial charge in [0.25, 0.3) is 11.8 Å². The fourth-order valence-corrected chi connectivity index (χ4v) is 6.66. The molecule has 2 aliphatic heterocycles. The first-order chi connectivity index (χ1) is 25.3. The summed E-state index contributed by atoms with van der Waals surface area (Å²) in [7, 11) is 0. The molecule has 5 rings (SSSR count). The highest BCUT2D eigenvalue weighted by molar-refractivity contribution is 6.23. The average molecular weight is 728 g/mol. The van der Waals surface area contributed by atoms with Crippen LogP contribution in [0.15, 0.2) is 66.7 Å². The summed E-state index contributed by atoms with van der Waals surface area (Å²) in [6.45, 7) is 13.1. The van der Waals surface area contributed by atoms with Gasteiger partial charge in [-0.05, 0) is 68.0 Å². The third-order valence-corrected chi connectivity index (χ3v) is 9.34. The number of amides is 4. The molecule has 0 radical (unpaired) electrons. The first-order valence-corrected chi connectivity index (χ1v) is 18.6. The van der Waals surface area contributed by atoms with Crippen molar-refractivity contribution in [3.05, 3.63) is 83.4 Å². The van der Waals surface area contributed by atoms with Crippen LogP contribution in [0.25, 0.3) is 10.8 Å². The minimum absolute atomic E-state index is 0.0112. The fourth-order valence-electron chi connectivity index (χ4n) is 6.66. The number of nitrogens with one attached hydrogen (secondary N) is 3. The van der Waals surface area contributed by atoms with Crippen LogP contribution < -0.4 is 16.0 Å². The van der Waals surface area contributed by atoms with E-state index in [1.54, 1.807) is 32.9 Å². The molecule has 0 aliphatic carbocycles. The smallest absolute Gasteiger partial charge is 0.323 e. The maximum absolute atomic E-state index is 14.1. The molecule has 1 fully saturated rings. The molecule has 3 aromatic rings. The molecule has 284 valence electrons. The van der Waals surface area contributed by atoms with Crippen molar-refractivity contribution >= 4 is 40.4 Å². The van der Waals surface area contributed by atoms with Gasteiger partial charge in [-0.2, -0.15) is 0 Å². The van der Waals surface area contributed by atoms with Gasteiger partial charge in [0.15, 0.2) is 0 Å². The molecule has 1 saturated heterocycles. The maximum atomic E-state index is 14.1. The van der Waals surface area contributed by atoms with E-state index in [4.69, 9.17) is 9.47 Å². The Bertz CT molecular complexity index is 1710. The first-order valence-electron chi connectivity index (χ1n) is 18.6. The van der Waals surface area contributed by atoms with Crippen LogP contribution in [0, 0.1) is 5.92 Å². The summed E-state index contributed by atoms with van der Waals surface area (Å²) in [6, 6.07) is 17.6. The van der Waals surface area contributed by atoms with Crippen LogP contribution in [0.3, 0.4) is 0 Å². The lowest BCUT2D eigenvalue weighted by molar-refractivity contribution is -0.158. The Morgan fingerprint density at radius 2 is 1.42 bits per heavy atom. The molecule has 0 unspecified atom stereocenters. The van der Waals surface area contributed by atoms with E-state index in [9.17, 15) is 24.0 Å². The molecule has 53 heavy (non-hydrogen) atoms. The second kappa shape index (κ2) is 17.9. The molecule has 3 aromatic carbocycles. The van der Waals surface area contributed by atoms with E-state index in [0.717, 1.165) is 34.3 Å². The summed E-state index contributed by atoms with van der Waals surface area (Å²) in [5, 5.41) is 10.9. The number of carbonyl (C=O) groups is 5. The highest BCUT2D eigenvalue weighted by Gasteiger charge is 2.38. The predicted octanol–water partition coefficient (Wildman–Crippen LogP) is 3.72. The Labute approximate surface area is 311 Å². The average Bonchev–Trinajstić information content (AvgIpc) is 3.35. The van der Waals surface area contributed by atoms with Crippen LogP contribution in [0.1, 0.15) is 73.7 Å². The third-order valence-electron chi connectivity index (χ3n) is 9.34. The van der Waals surface area contributed by atoms with Crippen LogP contribution in [0.5, 0.6) is 0 Å². The van der Waals surface area contributed by atoms with Gasteiger partial charge in [0.05, 0.1) is 30.4 Å². The van der Waals surface area contributed by atoms with Crippen molar-refractivity contribution in [3.63, 3.8) is 0 Å². The van der Waals surface area contributed by atoms with Crippen molar-refractivity contribution in [1.82, 2.24) is 25.8 Å². The number of carbonyl (C=O) groups excluding carboxylic acids is 5. The number of hydrogen-bond donors (Lipinski definition) is 3. The van der Waals surface area contributed by atoms with E-state index in [-0.39, 0.29) is 31.2 Å². The molecule has 0 bridgehead atoms. The summed E-state index contributed by atoms with van der Waals surface area (Å²) in [6.07, 6.45) is 0.632. The lowest BCUT2D eigenvalue weighted by atomic mass is 9.99. The zero-order valence-corrected chi connectivity index (χ0v) is 31.5. The van der Waals surface area contributed by atoms with E-state index in [2.05, 4.69) is 20.9 Å². The van der Waals surface area contributed by atoms with Crippen LogP contribution in [-0.2, 0) is 30.3 Å². The van der Waals surface area contributed by atoms with Gasteiger partial charge in [0, 0.05) is 39.1 Å².